The minimum Gasteiger partial charge on any atom is -0.480 e. The number of rotatable bonds is 5. The van der Waals surface area contributed by atoms with Crippen molar-refractivity contribution >= 4 is 28.2 Å². The van der Waals surface area contributed by atoms with E-state index in [1.165, 1.54) is 12.3 Å². The van der Waals surface area contributed by atoms with Gasteiger partial charge in [-0.25, -0.2) is 9.78 Å². The lowest BCUT2D eigenvalue weighted by Crippen LogP contribution is -2.34. The summed E-state index contributed by atoms with van der Waals surface area (Å²) in [4.78, 5) is 25.9. The molecule has 7 nitrogen and oxygen atoms in total. The van der Waals surface area contributed by atoms with Gasteiger partial charge in [-0.3, -0.25) is 10.1 Å². The van der Waals surface area contributed by atoms with Crippen molar-refractivity contribution in [2.75, 3.05) is 5.32 Å². The van der Waals surface area contributed by atoms with Crippen LogP contribution in [0.15, 0.2) is 30.5 Å². The fourth-order valence-electron chi connectivity index (χ4n) is 2.13. The van der Waals surface area contributed by atoms with Gasteiger partial charge < -0.3 is 10.4 Å². The molecule has 0 aliphatic rings. The van der Waals surface area contributed by atoms with E-state index in [4.69, 9.17) is 0 Å². The second-order valence-corrected chi connectivity index (χ2v) is 4.99. The molecule has 0 aliphatic heterocycles. The molecule has 21 heavy (non-hydrogen) atoms. The highest BCUT2D eigenvalue weighted by molar-refractivity contribution is 5.98. The third kappa shape index (κ3) is 2.91. The number of anilines is 1. The Morgan fingerprint density at radius 3 is 2.62 bits per heavy atom. The van der Waals surface area contributed by atoms with Crippen LogP contribution in [0.4, 0.5) is 11.5 Å². The van der Waals surface area contributed by atoms with E-state index in [0.29, 0.717) is 16.6 Å². The van der Waals surface area contributed by atoms with E-state index in [9.17, 15) is 20.0 Å². The third-order valence-electron chi connectivity index (χ3n) is 3.20. The molecular formula is C14H15N3O4. The number of carbonyl (C=O) groups is 1. The lowest BCUT2D eigenvalue weighted by atomic mass is 10.0. The van der Waals surface area contributed by atoms with Crippen LogP contribution in [0, 0.1) is 16.0 Å². The lowest BCUT2D eigenvalue weighted by molar-refractivity contribution is -0.383. The Morgan fingerprint density at radius 2 is 2.05 bits per heavy atom. The van der Waals surface area contributed by atoms with Crippen LogP contribution >= 0.6 is 0 Å². The smallest absolute Gasteiger partial charge is 0.326 e. The first-order valence-electron chi connectivity index (χ1n) is 6.43. The van der Waals surface area contributed by atoms with Crippen LogP contribution in [0.2, 0.25) is 0 Å². The van der Waals surface area contributed by atoms with Crippen LogP contribution in [0.25, 0.3) is 10.8 Å². The van der Waals surface area contributed by atoms with Gasteiger partial charge in [0, 0.05) is 17.6 Å². The first-order valence-corrected chi connectivity index (χ1v) is 6.43. The maximum atomic E-state index is 11.3. The lowest BCUT2D eigenvalue weighted by Gasteiger charge is -2.19. The van der Waals surface area contributed by atoms with Gasteiger partial charge in [0.2, 0.25) is 0 Å². The highest BCUT2D eigenvalue weighted by atomic mass is 16.6. The zero-order valence-electron chi connectivity index (χ0n) is 11.6. The van der Waals surface area contributed by atoms with Gasteiger partial charge in [-0.1, -0.05) is 26.0 Å². The van der Waals surface area contributed by atoms with Crippen molar-refractivity contribution in [2.24, 2.45) is 5.92 Å². The molecule has 1 aromatic carbocycles. The Balaban J connectivity index is 2.53. The van der Waals surface area contributed by atoms with E-state index in [1.54, 1.807) is 32.0 Å². The fourth-order valence-corrected chi connectivity index (χ4v) is 2.13. The van der Waals surface area contributed by atoms with E-state index >= 15 is 0 Å². The molecule has 0 amide bonds. The zero-order chi connectivity index (χ0) is 15.6. The number of hydrogen-bond acceptors (Lipinski definition) is 5. The van der Waals surface area contributed by atoms with E-state index in [-0.39, 0.29) is 11.6 Å². The van der Waals surface area contributed by atoms with Crippen LogP contribution in [0.5, 0.6) is 0 Å². The quantitative estimate of drug-likeness (QED) is 0.647. The first-order chi connectivity index (χ1) is 9.91. The average Bonchev–Trinajstić information content (AvgIpc) is 2.43. The minimum absolute atomic E-state index is 0.0330. The molecular weight excluding hydrogens is 274 g/mol. The Labute approximate surface area is 120 Å². The summed E-state index contributed by atoms with van der Waals surface area (Å²) in [6, 6.07) is 5.37. The summed E-state index contributed by atoms with van der Waals surface area (Å²) >= 11 is 0. The number of fused-ring (bicyclic) bond motifs is 1. The monoisotopic (exact) mass is 289 g/mol. The molecule has 2 rings (SSSR count). The SMILES string of the molecule is CC(C)C(Nc1nccc2c([N+](=O)[O-])cccc12)C(=O)O. The summed E-state index contributed by atoms with van der Waals surface area (Å²) in [7, 11) is 0. The Bertz CT molecular complexity index is 700. The van der Waals surface area contributed by atoms with Crippen molar-refractivity contribution in [3.8, 4) is 0 Å². The van der Waals surface area contributed by atoms with Crippen LogP contribution in [-0.4, -0.2) is 27.0 Å². The largest absolute Gasteiger partial charge is 0.480 e. The molecule has 0 fully saturated rings. The van der Waals surface area contributed by atoms with Crippen molar-refractivity contribution < 1.29 is 14.8 Å². The molecule has 0 aliphatic carbocycles. The van der Waals surface area contributed by atoms with Crippen LogP contribution < -0.4 is 5.32 Å². The summed E-state index contributed by atoms with van der Waals surface area (Å²) < 4.78 is 0. The number of nitro groups is 1. The van der Waals surface area contributed by atoms with Gasteiger partial charge in [0.1, 0.15) is 11.9 Å². The second-order valence-electron chi connectivity index (χ2n) is 4.99. The van der Waals surface area contributed by atoms with Gasteiger partial charge in [-0.15, -0.1) is 0 Å². The second kappa shape index (κ2) is 5.74. The molecule has 1 unspecified atom stereocenters. The number of non-ortho nitro benzene ring substituents is 1. The van der Waals surface area contributed by atoms with Crippen LogP contribution in [0.1, 0.15) is 13.8 Å². The molecule has 1 heterocycles. The highest BCUT2D eigenvalue weighted by Gasteiger charge is 2.23. The maximum Gasteiger partial charge on any atom is 0.326 e. The standard InChI is InChI=1S/C14H15N3O4/c1-8(2)12(14(18)19)16-13-10-4-3-5-11(17(20)21)9(10)6-7-15-13/h3-8,12H,1-2H3,(H,15,16)(H,18,19). The summed E-state index contributed by atoms with van der Waals surface area (Å²) in [5.41, 5.74) is -0.0330. The highest BCUT2D eigenvalue weighted by Crippen LogP contribution is 2.29. The van der Waals surface area contributed by atoms with E-state index < -0.39 is 16.9 Å². The molecule has 1 aromatic heterocycles. The number of aliphatic carboxylic acids is 1. The summed E-state index contributed by atoms with van der Waals surface area (Å²) in [5.74, 6) is -0.815. The number of nitrogens with zero attached hydrogens (tertiary/aromatic N) is 2. The summed E-state index contributed by atoms with van der Waals surface area (Å²) in [6.45, 7) is 3.55. The van der Waals surface area contributed by atoms with Crippen molar-refractivity contribution in [3.63, 3.8) is 0 Å². The predicted molar refractivity (Wildman–Crippen MR) is 78.3 cm³/mol. The first kappa shape index (κ1) is 14.7. The van der Waals surface area contributed by atoms with Gasteiger partial charge in [0.25, 0.3) is 5.69 Å². The van der Waals surface area contributed by atoms with Crippen LogP contribution in [-0.2, 0) is 4.79 Å². The van der Waals surface area contributed by atoms with Gasteiger partial charge in [0.05, 0.1) is 10.3 Å². The molecule has 1 atom stereocenters. The zero-order valence-corrected chi connectivity index (χ0v) is 11.6. The summed E-state index contributed by atoms with van der Waals surface area (Å²) in [6.07, 6.45) is 1.43. The third-order valence-corrected chi connectivity index (χ3v) is 3.20. The van der Waals surface area contributed by atoms with E-state index in [0.717, 1.165) is 0 Å². The van der Waals surface area contributed by atoms with Crippen molar-refractivity contribution in [1.82, 2.24) is 4.98 Å². The maximum absolute atomic E-state index is 11.3. The molecule has 110 valence electrons. The number of pyridine rings is 1. The van der Waals surface area contributed by atoms with Crippen molar-refractivity contribution in [1.29, 1.82) is 0 Å². The average molecular weight is 289 g/mol. The fraction of sp³-hybridized carbons (Fsp3) is 0.286. The number of aromatic nitrogens is 1. The molecule has 0 saturated carbocycles. The van der Waals surface area contributed by atoms with E-state index in [1.807, 2.05) is 0 Å². The molecule has 2 N–H and O–H groups in total. The van der Waals surface area contributed by atoms with E-state index in [2.05, 4.69) is 10.3 Å². The Morgan fingerprint density at radius 1 is 1.33 bits per heavy atom. The Hall–Kier alpha value is -2.70. The Kier molecular flexibility index (Phi) is 4.02. The van der Waals surface area contributed by atoms with Gasteiger partial charge in [0.15, 0.2) is 0 Å². The van der Waals surface area contributed by atoms with Crippen molar-refractivity contribution in [2.45, 2.75) is 19.9 Å². The number of carboxylic acids is 1. The molecule has 0 saturated heterocycles. The van der Waals surface area contributed by atoms with Gasteiger partial charge in [-0.2, -0.15) is 0 Å². The number of nitro benzene ring substituents is 1. The van der Waals surface area contributed by atoms with Gasteiger partial charge in [-0.05, 0) is 12.0 Å². The molecule has 0 radical (unpaired) electrons. The molecule has 0 spiro atoms. The molecule has 2 aromatic rings. The van der Waals surface area contributed by atoms with Gasteiger partial charge >= 0.3 is 5.97 Å². The van der Waals surface area contributed by atoms with Crippen LogP contribution in [0.3, 0.4) is 0 Å². The molecule has 0 bridgehead atoms. The predicted octanol–water partition coefficient (Wildman–Crippen LogP) is 2.66. The molecule has 7 heteroatoms. The summed E-state index contributed by atoms with van der Waals surface area (Å²) in [5, 5.41) is 24.1. The normalized spacial score (nSPS) is 12.3. The number of nitrogens with one attached hydrogen (secondary N) is 1. The van der Waals surface area contributed by atoms with Crippen molar-refractivity contribution in [3.05, 3.63) is 40.6 Å². The topological polar surface area (TPSA) is 105 Å². The minimum atomic E-state index is -0.991. The number of hydrogen-bond donors (Lipinski definition) is 2. The number of carboxylic acid groups (broad SMARTS) is 1. The number of benzene rings is 1.